The van der Waals surface area contributed by atoms with Gasteiger partial charge in [-0.25, -0.2) is 0 Å². The lowest BCUT2D eigenvalue weighted by atomic mass is 10.2. The molecule has 0 aromatic heterocycles. The first-order chi connectivity index (χ1) is 7.19. The van der Waals surface area contributed by atoms with Crippen molar-refractivity contribution >= 4 is 11.6 Å². The van der Waals surface area contributed by atoms with Crippen LogP contribution >= 0.6 is 11.6 Å². The van der Waals surface area contributed by atoms with Gasteiger partial charge in [-0.2, -0.15) is 0 Å². The lowest BCUT2D eigenvalue weighted by molar-refractivity contribution is 0.407. The van der Waals surface area contributed by atoms with Crippen molar-refractivity contribution < 1.29 is 4.74 Å². The Labute approximate surface area is 95.6 Å². The molecule has 0 aliphatic carbocycles. The average Bonchev–Trinajstić information content (AvgIpc) is 2.26. The number of nitrogens with one attached hydrogen (secondary N) is 1. The van der Waals surface area contributed by atoms with Crippen LogP contribution in [0.5, 0.6) is 5.75 Å². The van der Waals surface area contributed by atoms with Crippen molar-refractivity contribution in [2.24, 2.45) is 0 Å². The van der Waals surface area contributed by atoms with Crippen molar-refractivity contribution in [3.05, 3.63) is 28.8 Å². The molecule has 1 rings (SSSR count). The first-order valence-corrected chi connectivity index (χ1v) is 5.07. The lowest BCUT2D eigenvalue weighted by Gasteiger charge is -2.12. The molecule has 0 amide bonds. The zero-order valence-electron chi connectivity index (χ0n) is 8.88. The van der Waals surface area contributed by atoms with Crippen LogP contribution in [0.3, 0.4) is 0 Å². The molecule has 0 bridgehead atoms. The molecule has 0 heterocycles. The Balaban J connectivity index is 2.80. The van der Waals surface area contributed by atoms with Crippen molar-refractivity contribution in [3.63, 3.8) is 0 Å². The maximum Gasteiger partial charge on any atom is 0.124 e. The van der Waals surface area contributed by atoms with E-state index in [-0.39, 0.29) is 6.04 Å². The van der Waals surface area contributed by atoms with Gasteiger partial charge in [-0.3, -0.25) is 5.32 Å². The van der Waals surface area contributed by atoms with Crippen LogP contribution in [-0.2, 0) is 6.54 Å². The molecule has 3 heteroatoms. The van der Waals surface area contributed by atoms with E-state index >= 15 is 0 Å². The van der Waals surface area contributed by atoms with E-state index in [1.807, 2.05) is 25.1 Å². The number of halogens is 1. The van der Waals surface area contributed by atoms with E-state index in [1.165, 1.54) is 0 Å². The molecule has 0 aliphatic rings. The van der Waals surface area contributed by atoms with Crippen molar-refractivity contribution in [2.75, 3.05) is 7.11 Å². The van der Waals surface area contributed by atoms with Gasteiger partial charge in [0.15, 0.2) is 0 Å². The van der Waals surface area contributed by atoms with Crippen LogP contribution in [0.25, 0.3) is 0 Å². The van der Waals surface area contributed by atoms with Gasteiger partial charge >= 0.3 is 0 Å². The molecule has 1 aromatic carbocycles. The quantitative estimate of drug-likeness (QED) is 0.792. The number of rotatable bonds is 4. The van der Waals surface area contributed by atoms with Crippen LogP contribution in [0.15, 0.2) is 18.2 Å². The van der Waals surface area contributed by atoms with E-state index in [0.29, 0.717) is 11.6 Å². The average molecular weight is 224 g/mol. The highest BCUT2D eigenvalue weighted by Gasteiger charge is 2.07. The summed E-state index contributed by atoms with van der Waals surface area (Å²) >= 11 is 6.06. The number of ether oxygens (including phenoxy) is 1. The fourth-order valence-electron chi connectivity index (χ4n) is 1.22. The Kier molecular flexibility index (Phi) is 4.48. The molecule has 1 atom stereocenters. The molecule has 2 nitrogen and oxygen atoms in total. The van der Waals surface area contributed by atoms with Crippen LogP contribution in [0, 0.1) is 12.3 Å². The first kappa shape index (κ1) is 11.9. The summed E-state index contributed by atoms with van der Waals surface area (Å²) in [6.07, 6.45) is 5.27. The van der Waals surface area contributed by atoms with Gasteiger partial charge in [0, 0.05) is 17.1 Å². The van der Waals surface area contributed by atoms with Gasteiger partial charge in [-0.1, -0.05) is 23.6 Å². The fraction of sp³-hybridized carbons (Fsp3) is 0.333. The Morgan fingerprint density at radius 1 is 1.60 bits per heavy atom. The summed E-state index contributed by atoms with van der Waals surface area (Å²) in [6, 6.07) is 5.59. The molecule has 80 valence electrons. The van der Waals surface area contributed by atoms with E-state index in [0.717, 1.165) is 11.3 Å². The van der Waals surface area contributed by atoms with Gasteiger partial charge in [0.2, 0.25) is 0 Å². The highest BCUT2D eigenvalue weighted by atomic mass is 35.5. The summed E-state index contributed by atoms with van der Waals surface area (Å²) in [5, 5.41) is 3.85. The molecule has 1 aromatic rings. The van der Waals surface area contributed by atoms with Gasteiger partial charge in [0.25, 0.3) is 0 Å². The van der Waals surface area contributed by atoms with E-state index in [1.54, 1.807) is 7.11 Å². The minimum atomic E-state index is 0.0194. The monoisotopic (exact) mass is 223 g/mol. The SMILES string of the molecule is C#CC(C)NCc1c(Cl)cccc1OC. The van der Waals surface area contributed by atoms with E-state index in [2.05, 4.69) is 11.2 Å². The maximum atomic E-state index is 6.06. The molecular formula is C12H14ClNO. The first-order valence-electron chi connectivity index (χ1n) is 4.70. The number of benzene rings is 1. The Morgan fingerprint density at radius 3 is 2.93 bits per heavy atom. The van der Waals surface area contributed by atoms with Crippen molar-refractivity contribution in [1.82, 2.24) is 5.32 Å². The number of methoxy groups -OCH3 is 1. The molecule has 0 radical (unpaired) electrons. The zero-order chi connectivity index (χ0) is 11.3. The van der Waals surface area contributed by atoms with E-state index in [4.69, 9.17) is 22.8 Å². The van der Waals surface area contributed by atoms with Crippen molar-refractivity contribution in [3.8, 4) is 18.1 Å². The molecule has 15 heavy (non-hydrogen) atoms. The van der Waals surface area contributed by atoms with E-state index in [9.17, 15) is 0 Å². The second kappa shape index (κ2) is 5.65. The summed E-state index contributed by atoms with van der Waals surface area (Å²) in [4.78, 5) is 0. The molecule has 0 spiro atoms. The van der Waals surface area contributed by atoms with Crippen LogP contribution < -0.4 is 10.1 Å². The molecule has 0 saturated heterocycles. The second-order valence-corrected chi connectivity index (χ2v) is 3.60. The maximum absolute atomic E-state index is 6.06. The van der Waals surface area contributed by atoms with Gasteiger partial charge in [0.1, 0.15) is 5.75 Å². The summed E-state index contributed by atoms with van der Waals surface area (Å²) in [5.74, 6) is 3.37. The third-order valence-electron chi connectivity index (χ3n) is 2.13. The van der Waals surface area contributed by atoms with Crippen molar-refractivity contribution in [1.29, 1.82) is 0 Å². The third kappa shape index (κ3) is 3.16. The topological polar surface area (TPSA) is 21.3 Å². The highest BCUT2D eigenvalue weighted by molar-refractivity contribution is 6.31. The highest BCUT2D eigenvalue weighted by Crippen LogP contribution is 2.25. The Morgan fingerprint density at radius 2 is 2.33 bits per heavy atom. The van der Waals surface area contributed by atoms with Gasteiger partial charge in [-0.15, -0.1) is 6.42 Å². The summed E-state index contributed by atoms with van der Waals surface area (Å²) in [5.41, 5.74) is 0.934. The smallest absolute Gasteiger partial charge is 0.124 e. The molecule has 0 aliphatic heterocycles. The number of hydrogen-bond donors (Lipinski definition) is 1. The second-order valence-electron chi connectivity index (χ2n) is 3.19. The number of terminal acetylenes is 1. The molecule has 1 unspecified atom stereocenters. The molecule has 0 saturated carbocycles. The predicted molar refractivity (Wildman–Crippen MR) is 63.1 cm³/mol. The van der Waals surface area contributed by atoms with Gasteiger partial charge in [-0.05, 0) is 19.1 Å². The minimum absolute atomic E-state index is 0.0194. The van der Waals surface area contributed by atoms with Crippen LogP contribution in [0.2, 0.25) is 5.02 Å². The Bertz CT molecular complexity index is 370. The summed E-state index contributed by atoms with van der Waals surface area (Å²) in [6.45, 7) is 2.53. The normalized spacial score (nSPS) is 11.9. The fourth-order valence-corrected chi connectivity index (χ4v) is 1.45. The summed E-state index contributed by atoms with van der Waals surface area (Å²) in [7, 11) is 1.62. The van der Waals surface area contributed by atoms with Crippen LogP contribution in [0.4, 0.5) is 0 Å². The van der Waals surface area contributed by atoms with E-state index < -0.39 is 0 Å². The molecule has 1 N–H and O–H groups in total. The lowest BCUT2D eigenvalue weighted by Crippen LogP contribution is -2.23. The predicted octanol–water partition coefficient (Wildman–Crippen LogP) is 2.46. The van der Waals surface area contributed by atoms with Crippen LogP contribution in [-0.4, -0.2) is 13.2 Å². The van der Waals surface area contributed by atoms with Crippen molar-refractivity contribution in [2.45, 2.75) is 19.5 Å². The van der Waals surface area contributed by atoms with Gasteiger partial charge in [0.05, 0.1) is 13.2 Å². The molecular weight excluding hydrogens is 210 g/mol. The molecule has 0 fully saturated rings. The minimum Gasteiger partial charge on any atom is -0.496 e. The standard InChI is InChI=1S/C12H14ClNO/c1-4-9(2)14-8-10-11(13)6-5-7-12(10)15-3/h1,5-7,9,14H,8H2,2-3H3. The third-order valence-corrected chi connectivity index (χ3v) is 2.48. The van der Waals surface area contributed by atoms with Gasteiger partial charge < -0.3 is 4.74 Å². The van der Waals surface area contributed by atoms with Crippen LogP contribution in [0.1, 0.15) is 12.5 Å². The largest absolute Gasteiger partial charge is 0.496 e. The Hall–Kier alpha value is -1.17. The summed E-state index contributed by atoms with van der Waals surface area (Å²) < 4.78 is 5.22. The number of hydrogen-bond acceptors (Lipinski definition) is 2. The zero-order valence-corrected chi connectivity index (χ0v) is 9.64.